The summed E-state index contributed by atoms with van der Waals surface area (Å²) >= 11 is 3.23. The van der Waals surface area contributed by atoms with Crippen molar-refractivity contribution in [1.82, 2.24) is 0 Å². The van der Waals surface area contributed by atoms with Gasteiger partial charge in [0.1, 0.15) is 0 Å². The molecule has 1 saturated heterocycles. The van der Waals surface area contributed by atoms with Crippen LogP contribution >= 0.6 is 15.9 Å². The molecule has 0 amide bonds. The Bertz CT molecular complexity index is 367. The molecular formula is C10H10BrF2NO. The lowest BCUT2D eigenvalue weighted by molar-refractivity contribution is 0.122. The highest BCUT2D eigenvalue weighted by molar-refractivity contribution is 9.10. The van der Waals surface area contributed by atoms with Crippen molar-refractivity contribution in [3.05, 3.63) is 28.2 Å². The Morgan fingerprint density at radius 3 is 2.40 bits per heavy atom. The van der Waals surface area contributed by atoms with Crippen molar-refractivity contribution in [2.24, 2.45) is 0 Å². The number of hydrogen-bond donors (Lipinski definition) is 0. The van der Waals surface area contributed by atoms with Crippen molar-refractivity contribution in [3.8, 4) is 0 Å². The molecule has 2 nitrogen and oxygen atoms in total. The first-order chi connectivity index (χ1) is 7.18. The van der Waals surface area contributed by atoms with Gasteiger partial charge in [0, 0.05) is 23.6 Å². The molecule has 0 unspecified atom stereocenters. The van der Waals surface area contributed by atoms with Crippen molar-refractivity contribution >= 4 is 21.6 Å². The fourth-order valence-electron chi connectivity index (χ4n) is 1.56. The molecule has 82 valence electrons. The molecule has 1 fully saturated rings. The van der Waals surface area contributed by atoms with E-state index in [1.807, 2.05) is 4.90 Å². The lowest BCUT2D eigenvalue weighted by atomic mass is 10.2. The second-order valence-corrected chi connectivity index (χ2v) is 4.17. The Kier molecular flexibility index (Phi) is 3.21. The van der Waals surface area contributed by atoms with Gasteiger partial charge in [-0.05, 0) is 22.0 Å². The molecule has 0 bridgehead atoms. The molecule has 0 spiro atoms. The molecular weight excluding hydrogens is 268 g/mol. The second-order valence-electron chi connectivity index (χ2n) is 3.32. The van der Waals surface area contributed by atoms with Crippen molar-refractivity contribution in [2.75, 3.05) is 31.2 Å². The maximum Gasteiger partial charge on any atom is 0.160 e. The number of benzene rings is 1. The molecule has 1 aliphatic rings. The van der Waals surface area contributed by atoms with E-state index in [0.717, 1.165) is 6.07 Å². The van der Waals surface area contributed by atoms with Crippen LogP contribution in [0.1, 0.15) is 0 Å². The highest BCUT2D eigenvalue weighted by Crippen LogP contribution is 2.29. The minimum Gasteiger partial charge on any atom is -0.378 e. The summed E-state index contributed by atoms with van der Waals surface area (Å²) in [6.45, 7) is 2.63. The third kappa shape index (κ3) is 2.29. The maximum absolute atomic E-state index is 13.1. The number of nitrogens with zero attached hydrogens (tertiary/aromatic N) is 1. The topological polar surface area (TPSA) is 12.5 Å². The van der Waals surface area contributed by atoms with Crippen LogP contribution < -0.4 is 4.90 Å². The van der Waals surface area contributed by atoms with Crippen LogP contribution in [0.3, 0.4) is 0 Å². The predicted octanol–water partition coefficient (Wildman–Crippen LogP) is 2.56. The molecule has 0 atom stereocenters. The van der Waals surface area contributed by atoms with Crippen LogP contribution in [0.4, 0.5) is 14.5 Å². The van der Waals surface area contributed by atoms with Crippen LogP contribution in [0.25, 0.3) is 0 Å². The van der Waals surface area contributed by atoms with Crippen molar-refractivity contribution in [3.63, 3.8) is 0 Å². The average Bonchev–Trinajstić information content (AvgIpc) is 2.25. The van der Waals surface area contributed by atoms with E-state index in [2.05, 4.69) is 15.9 Å². The third-order valence-electron chi connectivity index (χ3n) is 2.34. The molecule has 1 aliphatic heterocycles. The van der Waals surface area contributed by atoms with E-state index >= 15 is 0 Å². The molecule has 1 aromatic rings. The third-order valence-corrected chi connectivity index (χ3v) is 2.98. The zero-order valence-corrected chi connectivity index (χ0v) is 9.56. The standard InChI is InChI=1S/C10H10BrF2NO/c11-7-5-8(12)9(13)6-10(7)14-1-3-15-4-2-14/h5-6H,1-4H2. The second kappa shape index (κ2) is 4.45. The fourth-order valence-corrected chi connectivity index (χ4v) is 2.12. The van der Waals surface area contributed by atoms with Crippen molar-refractivity contribution in [2.45, 2.75) is 0 Å². The lowest BCUT2D eigenvalue weighted by Gasteiger charge is -2.29. The van der Waals surface area contributed by atoms with Crippen LogP contribution in [-0.2, 0) is 4.74 Å². The van der Waals surface area contributed by atoms with Gasteiger partial charge in [0.15, 0.2) is 11.6 Å². The van der Waals surface area contributed by atoms with Gasteiger partial charge < -0.3 is 9.64 Å². The maximum atomic E-state index is 13.1. The molecule has 0 radical (unpaired) electrons. The van der Waals surface area contributed by atoms with Gasteiger partial charge in [-0.25, -0.2) is 8.78 Å². The largest absolute Gasteiger partial charge is 0.378 e. The van der Waals surface area contributed by atoms with Gasteiger partial charge >= 0.3 is 0 Å². The van der Waals surface area contributed by atoms with E-state index in [1.54, 1.807) is 0 Å². The summed E-state index contributed by atoms with van der Waals surface area (Å²) in [7, 11) is 0. The van der Waals surface area contributed by atoms with Gasteiger partial charge in [0.05, 0.1) is 18.9 Å². The summed E-state index contributed by atoms with van der Waals surface area (Å²) < 4.78 is 31.7. The average molecular weight is 278 g/mol. The van der Waals surface area contributed by atoms with Crippen LogP contribution in [0, 0.1) is 11.6 Å². The van der Waals surface area contributed by atoms with Gasteiger partial charge in [-0.15, -0.1) is 0 Å². The minimum absolute atomic E-state index is 0.573. The number of anilines is 1. The van der Waals surface area contributed by atoms with E-state index in [4.69, 9.17) is 4.74 Å². The first-order valence-electron chi connectivity index (χ1n) is 4.66. The zero-order chi connectivity index (χ0) is 10.8. The van der Waals surface area contributed by atoms with Crippen LogP contribution in [0.5, 0.6) is 0 Å². The summed E-state index contributed by atoms with van der Waals surface area (Å²) in [5.74, 6) is -1.65. The van der Waals surface area contributed by atoms with Crippen molar-refractivity contribution < 1.29 is 13.5 Å². The Morgan fingerprint density at radius 1 is 1.13 bits per heavy atom. The Balaban J connectivity index is 2.30. The normalized spacial score (nSPS) is 16.9. The molecule has 1 aromatic carbocycles. The van der Waals surface area contributed by atoms with Gasteiger partial charge in [-0.3, -0.25) is 0 Å². The summed E-state index contributed by atoms with van der Waals surface area (Å²) in [6, 6.07) is 2.37. The SMILES string of the molecule is Fc1cc(Br)c(N2CCOCC2)cc1F. The highest BCUT2D eigenvalue weighted by atomic mass is 79.9. The fraction of sp³-hybridized carbons (Fsp3) is 0.400. The molecule has 0 aromatic heterocycles. The number of halogens is 3. The molecule has 5 heteroatoms. The lowest BCUT2D eigenvalue weighted by Crippen LogP contribution is -2.36. The number of ether oxygens (including phenoxy) is 1. The van der Waals surface area contributed by atoms with Gasteiger partial charge in [0.25, 0.3) is 0 Å². The van der Waals surface area contributed by atoms with Crippen LogP contribution in [0.15, 0.2) is 16.6 Å². The van der Waals surface area contributed by atoms with E-state index in [-0.39, 0.29) is 0 Å². The van der Waals surface area contributed by atoms with Crippen LogP contribution in [0.2, 0.25) is 0 Å². The summed E-state index contributed by atoms with van der Waals surface area (Å²) in [6.07, 6.45) is 0. The van der Waals surface area contributed by atoms with Gasteiger partial charge in [0.2, 0.25) is 0 Å². The smallest absolute Gasteiger partial charge is 0.160 e. The summed E-state index contributed by atoms with van der Waals surface area (Å²) in [5, 5.41) is 0. The number of hydrogen-bond acceptors (Lipinski definition) is 2. The quantitative estimate of drug-likeness (QED) is 0.732. The Labute approximate surface area is 95.0 Å². The number of morpholine rings is 1. The van der Waals surface area contributed by atoms with Crippen molar-refractivity contribution in [1.29, 1.82) is 0 Å². The first-order valence-corrected chi connectivity index (χ1v) is 5.45. The Morgan fingerprint density at radius 2 is 1.73 bits per heavy atom. The monoisotopic (exact) mass is 277 g/mol. The molecule has 1 heterocycles. The van der Waals surface area contributed by atoms with E-state index in [1.165, 1.54) is 6.07 Å². The highest BCUT2D eigenvalue weighted by Gasteiger charge is 2.16. The number of rotatable bonds is 1. The predicted molar refractivity (Wildman–Crippen MR) is 57.1 cm³/mol. The molecule has 0 N–H and O–H groups in total. The van der Waals surface area contributed by atoms with E-state index in [9.17, 15) is 8.78 Å². The molecule has 0 saturated carbocycles. The zero-order valence-electron chi connectivity index (χ0n) is 7.97. The Hall–Kier alpha value is -0.680. The molecule has 2 rings (SSSR count). The van der Waals surface area contributed by atoms with Gasteiger partial charge in [-0.1, -0.05) is 0 Å². The van der Waals surface area contributed by atoms with Gasteiger partial charge in [-0.2, -0.15) is 0 Å². The minimum atomic E-state index is -0.834. The first kappa shape index (κ1) is 10.8. The molecule has 15 heavy (non-hydrogen) atoms. The van der Waals surface area contributed by atoms with Crippen LogP contribution in [-0.4, -0.2) is 26.3 Å². The summed E-state index contributed by atoms with van der Waals surface area (Å²) in [4.78, 5) is 1.97. The van der Waals surface area contributed by atoms with E-state index in [0.29, 0.717) is 36.5 Å². The molecule has 0 aliphatic carbocycles. The summed E-state index contributed by atoms with van der Waals surface area (Å²) in [5.41, 5.74) is 0.678. The van der Waals surface area contributed by atoms with E-state index < -0.39 is 11.6 Å².